The number of hydrogen-bond donors (Lipinski definition) is 2. The second-order valence-corrected chi connectivity index (χ2v) is 5.49. The molecule has 0 aliphatic carbocycles. The zero-order valence-electron chi connectivity index (χ0n) is 9.77. The van der Waals surface area contributed by atoms with Crippen LogP contribution >= 0.6 is 11.6 Å². The van der Waals surface area contributed by atoms with Crippen LogP contribution in [0.4, 0.5) is 5.69 Å². The van der Waals surface area contributed by atoms with Crippen LogP contribution in [-0.4, -0.2) is 12.5 Å². The summed E-state index contributed by atoms with van der Waals surface area (Å²) in [4.78, 5) is 11.4. The average Bonchev–Trinajstić information content (AvgIpc) is 2.85. The minimum Gasteiger partial charge on any atom is -0.324 e. The Balaban J connectivity index is 2.06. The third-order valence-corrected chi connectivity index (χ3v) is 4.09. The molecule has 1 fully saturated rings. The zero-order valence-corrected chi connectivity index (χ0v) is 10.5. The molecule has 3 nitrogen and oxygen atoms in total. The van der Waals surface area contributed by atoms with Gasteiger partial charge in [-0.2, -0.15) is 0 Å². The Kier molecular flexibility index (Phi) is 2.42. The molecule has 0 saturated carbocycles. The predicted molar refractivity (Wildman–Crippen MR) is 68.4 cm³/mol. The molecular weight excluding hydrogens is 236 g/mol. The van der Waals surface area contributed by atoms with Gasteiger partial charge in [-0.05, 0) is 43.5 Å². The lowest BCUT2D eigenvalue weighted by molar-refractivity contribution is -0.115. The first-order valence-electron chi connectivity index (χ1n) is 5.96. The number of carbonyl (C=O) groups is 1. The van der Waals surface area contributed by atoms with Crippen molar-refractivity contribution < 1.29 is 4.79 Å². The van der Waals surface area contributed by atoms with E-state index in [9.17, 15) is 4.79 Å². The molecule has 1 aromatic carbocycles. The average molecular weight is 251 g/mol. The number of rotatable bonds is 1. The van der Waals surface area contributed by atoms with Gasteiger partial charge in [0.15, 0.2) is 0 Å². The lowest BCUT2D eigenvalue weighted by Crippen LogP contribution is -2.33. The van der Waals surface area contributed by atoms with Gasteiger partial charge in [-0.25, -0.2) is 0 Å². The lowest BCUT2D eigenvalue weighted by atomic mass is 9.89. The highest BCUT2D eigenvalue weighted by atomic mass is 35.5. The van der Waals surface area contributed by atoms with Crippen LogP contribution in [0.5, 0.6) is 0 Å². The second kappa shape index (κ2) is 3.72. The molecule has 0 aromatic heterocycles. The fraction of sp³-hybridized carbons (Fsp3) is 0.462. The maximum Gasteiger partial charge on any atom is 0.228 e. The molecule has 1 unspecified atom stereocenters. The van der Waals surface area contributed by atoms with Crippen molar-refractivity contribution in [2.24, 2.45) is 0 Å². The summed E-state index contributed by atoms with van der Waals surface area (Å²) < 4.78 is 0. The molecule has 90 valence electrons. The number of hydrogen-bond acceptors (Lipinski definition) is 2. The first-order chi connectivity index (χ1) is 8.08. The molecule has 2 aliphatic heterocycles. The quantitative estimate of drug-likeness (QED) is 0.804. The van der Waals surface area contributed by atoms with Crippen molar-refractivity contribution >= 4 is 23.2 Å². The Morgan fingerprint density at radius 1 is 1.41 bits per heavy atom. The highest BCUT2D eigenvalue weighted by Gasteiger charge is 2.32. The van der Waals surface area contributed by atoms with Gasteiger partial charge in [-0.1, -0.05) is 17.7 Å². The summed E-state index contributed by atoms with van der Waals surface area (Å²) in [5, 5.41) is 6.97. The van der Waals surface area contributed by atoms with E-state index in [2.05, 4.69) is 23.6 Å². The molecule has 2 N–H and O–H groups in total. The number of anilines is 1. The third kappa shape index (κ3) is 1.74. The van der Waals surface area contributed by atoms with Crippen molar-refractivity contribution in [3.8, 4) is 0 Å². The highest BCUT2D eigenvalue weighted by molar-refractivity contribution is 6.34. The zero-order chi connectivity index (χ0) is 12.0. The smallest absolute Gasteiger partial charge is 0.228 e. The van der Waals surface area contributed by atoms with Gasteiger partial charge < -0.3 is 10.6 Å². The van der Waals surface area contributed by atoms with Crippen LogP contribution < -0.4 is 10.6 Å². The van der Waals surface area contributed by atoms with Gasteiger partial charge in [0.25, 0.3) is 0 Å². The fourth-order valence-corrected chi connectivity index (χ4v) is 3.05. The summed E-state index contributed by atoms with van der Waals surface area (Å²) in [5.41, 5.74) is 3.01. The van der Waals surface area contributed by atoms with Crippen molar-refractivity contribution in [3.63, 3.8) is 0 Å². The second-order valence-electron chi connectivity index (χ2n) is 5.08. The van der Waals surface area contributed by atoms with Crippen molar-refractivity contribution in [3.05, 3.63) is 28.3 Å². The van der Waals surface area contributed by atoms with Gasteiger partial charge in [0.1, 0.15) is 0 Å². The van der Waals surface area contributed by atoms with Crippen LogP contribution in [0, 0.1) is 0 Å². The minimum absolute atomic E-state index is 0.00427. The van der Waals surface area contributed by atoms with Crippen LogP contribution in [0.3, 0.4) is 0 Å². The largest absolute Gasteiger partial charge is 0.324 e. The van der Waals surface area contributed by atoms with E-state index in [1.807, 2.05) is 6.07 Å². The van der Waals surface area contributed by atoms with E-state index in [4.69, 9.17) is 11.6 Å². The summed E-state index contributed by atoms with van der Waals surface area (Å²) in [6.07, 6.45) is 2.74. The van der Waals surface area contributed by atoms with Crippen LogP contribution in [0.25, 0.3) is 0 Å². The summed E-state index contributed by atoms with van der Waals surface area (Å²) in [6.45, 7) is 3.24. The molecule has 1 saturated heterocycles. The van der Waals surface area contributed by atoms with Gasteiger partial charge in [0, 0.05) is 5.54 Å². The number of benzene rings is 1. The number of nitrogens with one attached hydrogen (secondary N) is 2. The molecule has 1 amide bonds. The van der Waals surface area contributed by atoms with Gasteiger partial charge in [0.05, 0.1) is 17.1 Å². The first-order valence-corrected chi connectivity index (χ1v) is 6.34. The fourth-order valence-electron chi connectivity index (χ4n) is 2.76. The minimum atomic E-state index is 0.00427. The topological polar surface area (TPSA) is 41.1 Å². The van der Waals surface area contributed by atoms with Gasteiger partial charge in [0.2, 0.25) is 5.91 Å². The Morgan fingerprint density at radius 3 is 2.94 bits per heavy atom. The molecule has 4 heteroatoms. The van der Waals surface area contributed by atoms with Gasteiger partial charge in [-0.3, -0.25) is 4.79 Å². The number of halogens is 1. The van der Waals surface area contributed by atoms with E-state index >= 15 is 0 Å². The number of carbonyl (C=O) groups excluding carboxylic acids is 1. The molecule has 0 spiro atoms. The monoisotopic (exact) mass is 250 g/mol. The summed E-state index contributed by atoms with van der Waals surface area (Å²) in [5.74, 6) is 0.0311. The lowest BCUT2D eigenvalue weighted by Gasteiger charge is -2.26. The van der Waals surface area contributed by atoms with Crippen LogP contribution in [0.2, 0.25) is 5.02 Å². The highest BCUT2D eigenvalue weighted by Crippen LogP contribution is 2.38. The first kappa shape index (κ1) is 11.1. The standard InChI is InChI=1S/C13H15ClN2O/c1-13(3-2-4-15-13)9-5-8-6-11(17)16-12(8)10(14)7-9/h5,7,15H,2-4,6H2,1H3,(H,16,17). The molecule has 1 aromatic rings. The Morgan fingerprint density at radius 2 is 2.24 bits per heavy atom. The van der Waals surface area contributed by atoms with Crippen molar-refractivity contribution in [1.82, 2.24) is 5.32 Å². The van der Waals surface area contributed by atoms with Crippen LogP contribution in [0.1, 0.15) is 30.9 Å². The molecule has 17 heavy (non-hydrogen) atoms. The van der Waals surface area contributed by atoms with E-state index in [0.29, 0.717) is 11.4 Å². The molecular formula is C13H15ClN2O. The molecule has 3 rings (SSSR count). The molecule has 2 aliphatic rings. The van der Waals surface area contributed by atoms with Crippen LogP contribution in [0.15, 0.2) is 12.1 Å². The summed E-state index contributed by atoms with van der Waals surface area (Å²) in [7, 11) is 0. The number of amides is 1. The molecule has 0 bridgehead atoms. The predicted octanol–water partition coefficient (Wildman–Crippen LogP) is 2.43. The van der Waals surface area contributed by atoms with Crippen molar-refractivity contribution in [2.75, 3.05) is 11.9 Å². The third-order valence-electron chi connectivity index (χ3n) is 3.79. The normalized spacial score (nSPS) is 27.1. The van der Waals surface area contributed by atoms with E-state index in [1.165, 1.54) is 12.0 Å². The molecule has 1 atom stereocenters. The maximum atomic E-state index is 11.4. The Hall–Kier alpha value is -1.06. The van der Waals surface area contributed by atoms with Crippen molar-refractivity contribution in [1.29, 1.82) is 0 Å². The van der Waals surface area contributed by atoms with E-state index < -0.39 is 0 Å². The van der Waals surface area contributed by atoms with E-state index in [0.717, 1.165) is 24.2 Å². The Labute approximate surface area is 106 Å². The summed E-state index contributed by atoms with van der Waals surface area (Å²) >= 11 is 6.24. The Bertz CT molecular complexity index is 492. The maximum absolute atomic E-state index is 11.4. The SMILES string of the molecule is CC1(c2cc(Cl)c3c(c2)CC(=O)N3)CCCN1. The summed E-state index contributed by atoms with van der Waals surface area (Å²) in [6, 6.07) is 4.09. The molecule has 0 radical (unpaired) electrons. The van der Waals surface area contributed by atoms with E-state index in [-0.39, 0.29) is 11.4 Å². The van der Waals surface area contributed by atoms with Gasteiger partial charge in [-0.15, -0.1) is 0 Å². The van der Waals surface area contributed by atoms with Crippen LogP contribution in [-0.2, 0) is 16.8 Å². The molecule has 2 heterocycles. The van der Waals surface area contributed by atoms with Crippen molar-refractivity contribution in [2.45, 2.75) is 31.7 Å². The van der Waals surface area contributed by atoms with Gasteiger partial charge >= 0.3 is 0 Å². The van der Waals surface area contributed by atoms with E-state index in [1.54, 1.807) is 0 Å². The number of fused-ring (bicyclic) bond motifs is 1.